The fourth-order valence-corrected chi connectivity index (χ4v) is 5.06. The second kappa shape index (κ2) is 12.2. The Kier molecular flexibility index (Phi) is 10.3. The van der Waals surface area contributed by atoms with Crippen LogP contribution >= 0.6 is 11.3 Å². The summed E-state index contributed by atoms with van der Waals surface area (Å²) in [4.78, 5) is 30.4. The van der Waals surface area contributed by atoms with Crippen molar-refractivity contribution in [3.63, 3.8) is 0 Å². The number of rotatable bonds is 2. The SMILES string of the molecule is C/C(=C\c1csc(C)n1)[C@@H]1CCCCCC[C@H](C)[C@H](O)[C@@H](C)C(=O)C(C)(C)[C@@H](O)CC(=O)O1. The Balaban J connectivity index is 2.22. The first kappa shape index (κ1) is 27.7. The Morgan fingerprint density at radius 3 is 2.39 bits per heavy atom. The van der Waals surface area contributed by atoms with Crippen LogP contribution in [0.1, 0.15) is 90.3 Å². The van der Waals surface area contributed by atoms with Crippen LogP contribution in [0, 0.1) is 24.2 Å². The zero-order valence-electron chi connectivity index (χ0n) is 21.0. The number of ketones is 1. The van der Waals surface area contributed by atoms with E-state index in [0.29, 0.717) is 6.42 Å². The lowest BCUT2D eigenvalue weighted by Crippen LogP contribution is -2.45. The Labute approximate surface area is 202 Å². The van der Waals surface area contributed by atoms with E-state index < -0.39 is 35.6 Å². The third kappa shape index (κ3) is 7.72. The molecule has 1 saturated heterocycles. The maximum atomic E-state index is 13.1. The average Bonchev–Trinajstić information content (AvgIpc) is 3.16. The molecule has 1 fully saturated rings. The zero-order chi connectivity index (χ0) is 24.8. The van der Waals surface area contributed by atoms with Gasteiger partial charge in [0.15, 0.2) is 0 Å². The highest BCUT2D eigenvalue weighted by atomic mass is 32.1. The van der Waals surface area contributed by atoms with Gasteiger partial charge in [-0.15, -0.1) is 11.3 Å². The van der Waals surface area contributed by atoms with Gasteiger partial charge in [0.1, 0.15) is 11.9 Å². The fraction of sp³-hybridized carbons (Fsp3) is 0.731. The van der Waals surface area contributed by atoms with E-state index in [-0.39, 0.29) is 18.1 Å². The topological polar surface area (TPSA) is 96.7 Å². The number of cyclic esters (lactones) is 1. The normalized spacial score (nSPS) is 31.3. The number of thiazole rings is 1. The van der Waals surface area contributed by atoms with E-state index in [1.54, 1.807) is 32.1 Å². The van der Waals surface area contributed by atoms with Gasteiger partial charge < -0.3 is 14.9 Å². The van der Waals surface area contributed by atoms with Gasteiger partial charge >= 0.3 is 5.97 Å². The van der Waals surface area contributed by atoms with Crippen molar-refractivity contribution in [2.24, 2.45) is 17.3 Å². The number of hydrogen-bond acceptors (Lipinski definition) is 7. The number of aryl methyl sites for hydroxylation is 1. The number of Topliss-reactive ketones (excluding diaryl/α,β-unsaturated/α-hetero) is 1. The summed E-state index contributed by atoms with van der Waals surface area (Å²) in [5, 5.41) is 24.5. The van der Waals surface area contributed by atoms with E-state index >= 15 is 0 Å². The second-order valence-electron chi connectivity index (χ2n) is 10.2. The van der Waals surface area contributed by atoms with E-state index in [4.69, 9.17) is 4.74 Å². The zero-order valence-corrected chi connectivity index (χ0v) is 21.8. The van der Waals surface area contributed by atoms with Crippen LogP contribution in [0.2, 0.25) is 0 Å². The first-order valence-electron chi connectivity index (χ1n) is 12.1. The van der Waals surface area contributed by atoms with Gasteiger partial charge in [-0.3, -0.25) is 9.59 Å². The monoisotopic (exact) mass is 479 g/mol. The highest BCUT2D eigenvalue weighted by Crippen LogP contribution is 2.32. The van der Waals surface area contributed by atoms with E-state index in [9.17, 15) is 19.8 Å². The van der Waals surface area contributed by atoms with Crippen LogP contribution in [0.3, 0.4) is 0 Å². The van der Waals surface area contributed by atoms with Crippen molar-refractivity contribution in [3.05, 3.63) is 21.7 Å². The molecule has 0 amide bonds. The van der Waals surface area contributed by atoms with E-state index in [1.165, 1.54) is 0 Å². The van der Waals surface area contributed by atoms with Crippen LogP contribution in [-0.2, 0) is 14.3 Å². The van der Waals surface area contributed by atoms with Gasteiger partial charge in [-0.1, -0.05) is 47.0 Å². The summed E-state index contributed by atoms with van der Waals surface area (Å²) in [6.07, 6.45) is 4.80. The van der Waals surface area contributed by atoms with E-state index in [0.717, 1.165) is 48.4 Å². The van der Waals surface area contributed by atoms with Crippen molar-refractivity contribution < 1.29 is 24.5 Å². The van der Waals surface area contributed by atoms with Crippen molar-refractivity contribution >= 4 is 29.2 Å². The van der Waals surface area contributed by atoms with Gasteiger partial charge in [-0.25, -0.2) is 4.98 Å². The summed E-state index contributed by atoms with van der Waals surface area (Å²) in [5.41, 5.74) is 0.603. The minimum atomic E-state index is -1.19. The first-order chi connectivity index (χ1) is 15.4. The Morgan fingerprint density at radius 1 is 1.15 bits per heavy atom. The molecule has 0 spiro atoms. The molecule has 0 aromatic carbocycles. The second-order valence-corrected chi connectivity index (χ2v) is 11.3. The van der Waals surface area contributed by atoms with Crippen molar-refractivity contribution in [1.82, 2.24) is 4.98 Å². The van der Waals surface area contributed by atoms with Crippen molar-refractivity contribution in [2.45, 2.75) is 105 Å². The molecule has 6 nitrogen and oxygen atoms in total. The molecule has 0 saturated carbocycles. The average molecular weight is 480 g/mol. The van der Waals surface area contributed by atoms with Crippen LogP contribution in [0.5, 0.6) is 0 Å². The molecule has 5 atom stereocenters. The standard InChI is InChI=1S/C26H41NO5S/c1-16-11-9-7-8-10-12-21(17(2)13-20-15-33-19(4)27-20)32-23(29)14-22(28)26(5,6)25(31)18(3)24(16)30/h13,15-16,18,21-22,24,28,30H,7-12,14H2,1-6H3/b17-13+/t16-,18+,21-,22-,24-/m0/s1. The maximum absolute atomic E-state index is 13.1. The van der Waals surface area contributed by atoms with Crippen LogP contribution in [0.25, 0.3) is 6.08 Å². The molecule has 1 aromatic heterocycles. The molecule has 1 aliphatic heterocycles. The predicted molar refractivity (Wildman–Crippen MR) is 132 cm³/mol. The third-order valence-corrected chi connectivity index (χ3v) is 7.80. The fourth-order valence-electron chi connectivity index (χ4n) is 4.49. The molecule has 7 heteroatoms. The molecule has 33 heavy (non-hydrogen) atoms. The lowest BCUT2D eigenvalue weighted by Gasteiger charge is -2.34. The van der Waals surface area contributed by atoms with Crippen LogP contribution < -0.4 is 0 Å². The molecule has 1 aromatic rings. The molecule has 2 rings (SSSR count). The molecular weight excluding hydrogens is 438 g/mol. The van der Waals surface area contributed by atoms with Crippen molar-refractivity contribution in [3.8, 4) is 0 Å². The lowest BCUT2D eigenvalue weighted by atomic mass is 9.73. The number of ether oxygens (including phenoxy) is 1. The summed E-state index contributed by atoms with van der Waals surface area (Å²) < 4.78 is 5.80. The molecule has 1 aliphatic rings. The predicted octanol–water partition coefficient (Wildman–Crippen LogP) is 5.10. The minimum absolute atomic E-state index is 0.00532. The molecule has 0 unspecified atom stereocenters. The summed E-state index contributed by atoms with van der Waals surface area (Å²) in [5.74, 6) is -1.38. The molecule has 0 bridgehead atoms. The highest BCUT2D eigenvalue weighted by molar-refractivity contribution is 7.09. The molecule has 2 heterocycles. The molecule has 0 radical (unpaired) electrons. The first-order valence-corrected chi connectivity index (χ1v) is 13.0. The number of esters is 1. The smallest absolute Gasteiger partial charge is 0.309 e. The van der Waals surface area contributed by atoms with Crippen LogP contribution in [-0.4, -0.2) is 45.3 Å². The molecule has 0 aliphatic carbocycles. The summed E-state index contributed by atoms with van der Waals surface area (Å²) in [7, 11) is 0. The summed E-state index contributed by atoms with van der Waals surface area (Å²) >= 11 is 1.57. The van der Waals surface area contributed by atoms with Gasteiger partial charge in [-0.2, -0.15) is 0 Å². The largest absolute Gasteiger partial charge is 0.458 e. The van der Waals surface area contributed by atoms with Gasteiger partial charge in [-0.05, 0) is 50.7 Å². The van der Waals surface area contributed by atoms with Gasteiger partial charge in [0, 0.05) is 11.3 Å². The van der Waals surface area contributed by atoms with Crippen molar-refractivity contribution in [2.75, 3.05) is 0 Å². The van der Waals surface area contributed by atoms with E-state index in [2.05, 4.69) is 4.98 Å². The van der Waals surface area contributed by atoms with E-state index in [1.807, 2.05) is 32.2 Å². The molecule has 2 N–H and O–H groups in total. The van der Waals surface area contributed by atoms with Crippen LogP contribution in [0.4, 0.5) is 0 Å². The summed E-state index contributed by atoms with van der Waals surface area (Å²) in [6.45, 7) is 10.9. The number of nitrogens with zero attached hydrogens (tertiary/aromatic N) is 1. The lowest BCUT2D eigenvalue weighted by molar-refractivity contribution is -0.154. The number of carbonyl (C=O) groups is 2. The Morgan fingerprint density at radius 2 is 1.79 bits per heavy atom. The quantitative estimate of drug-likeness (QED) is 0.573. The molecular formula is C26H41NO5S. The maximum Gasteiger partial charge on any atom is 0.309 e. The van der Waals surface area contributed by atoms with Crippen molar-refractivity contribution in [1.29, 1.82) is 0 Å². The van der Waals surface area contributed by atoms with Crippen LogP contribution in [0.15, 0.2) is 11.0 Å². The number of aliphatic hydroxyl groups is 2. The summed E-state index contributed by atoms with van der Waals surface area (Å²) in [6, 6.07) is 0. The van der Waals surface area contributed by atoms with Gasteiger partial charge in [0.25, 0.3) is 0 Å². The Bertz CT molecular complexity index is 830. The van der Waals surface area contributed by atoms with Gasteiger partial charge in [0.2, 0.25) is 0 Å². The number of carbonyl (C=O) groups excluding carboxylic acids is 2. The molecule has 186 valence electrons. The van der Waals surface area contributed by atoms with Gasteiger partial charge in [0.05, 0.1) is 34.7 Å². The third-order valence-electron chi connectivity index (χ3n) is 7.01. The number of hydrogen-bond donors (Lipinski definition) is 2. The minimum Gasteiger partial charge on any atom is -0.458 e. The Hall–Kier alpha value is -1.57. The number of aromatic nitrogens is 1. The number of aliphatic hydroxyl groups excluding tert-OH is 2. The highest BCUT2D eigenvalue weighted by Gasteiger charge is 2.42.